The van der Waals surface area contributed by atoms with Crippen LogP contribution in [-0.2, 0) is 6.18 Å². The first-order valence-electron chi connectivity index (χ1n) is 5.29. The van der Waals surface area contributed by atoms with E-state index >= 15 is 0 Å². The number of nitrogens with two attached hydrogens (primary N) is 1. The number of hydrogen-bond acceptors (Lipinski definition) is 7. The molecule has 0 radical (unpaired) electrons. The van der Waals surface area contributed by atoms with Crippen molar-refractivity contribution in [2.75, 3.05) is 5.43 Å². The van der Waals surface area contributed by atoms with Crippen LogP contribution in [0.15, 0.2) is 28.5 Å². The lowest BCUT2D eigenvalue weighted by atomic mass is 10.5. The van der Waals surface area contributed by atoms with Gasteiger partial charge in [-0.05, 0) is 24.8 Å². The van der Waals surface area contributed by atoms with Crippen molar-refractivity contribution < 1.29 is 13.2 Å². The van der Waals surface area contributed by atoms with E-state index in [9.17, 15) is 13.2 Å². The molecule has 0 spiro atoms. The van der Waals surface area contributed by atoms with E-state index in [1.807, 2.05) is 0 Å². The fraction of sp³-hybridized carbons (Fsp3) is 0.200. The fourth-order valence-corrected chi connectivity index (χ4v) is 2.04. The minimum Gasteiger partial charge on any atom is -0.308 e. The van der Waals surface area contributed by atoms with Gasteiger partial charge in [0, 0.05) is 18.0 Å². The summed E-state index contributed by atoms with van der Waals surface area (Å²) < 4.78 is 38.0. The Labute approximate surface area is 116 Å². The molecule has 2 rings (SSSR count). The number of hydrogen-bond donors (Lipinski definition) is 2. The summed E-state index contributed by atoms with van der Waals surface area (Å²) in [5.41, 5.74) is 2.77. The van der Waals surface area contributed by atoms with E-state index in [-0.39, 0.29) is 10.8 Å². The summed E-state index contributed by atoms with van der Waals surface area (Å²) in [6, 6.07) is 2.96. The van der Waals surface area contributed by atoms with Crippen molar-refractivity contribution in [1.82, 2.24) is 19.9 Å². The van der Waals surface area contributed by atoms with Gasteiger partial charge in [0.05, 0.1) is 0 Å². The lowest BCUT2D eigenvalue weighted by Crippen LogP contribution is -2.16. The Bertz CT molecular complexity index is 618. The van der Waals surface area contributed by atoms with Gasteiger partial charge in [0.15, 0.2) is 5.16 Å². The van der Waals surface area contributed by atoms with Crippen molar-refractivity contribution in [1.29, 1.82) is 0 Å². The maximum Gasteiger partial charge on any atom is 0.451 e. The van der Waals surface area contributed by atoms with Crippen molar-refractivity contribution in [3.63, 3.8) is 0 Å². The number of hydrazine groups is 1. The molecule has 0 aliphatic rings. The summed E-state index contributed by atoms with van der Waals surface area (Å²) >= 11 is 0.893. The highest BCUT2D eigenvalue weighted by Crippen LogP contribution is 2.31. The molecule has 0 bridgehead atoms. The van der Waals surface area contributed by atoms with E-state index in [1.165, 1.54) is 12.3 Å². The second kappa shape index (κ2) is 5.59. The molecular formula is C10H9F3N6S. The van der Waals surface area contributed by atoms with Gasteiger partial charge in [-0.15, -0.1) is 0 Å². The Kier molecular flexibility index (Phi) is 4.04. The molecule has 0 atom stereocenters. The van der Waals surface area contributed by atoms with Gasteiger partial charge in [0.2, 0.25) is 5.82 Å². The molecule has 0 amide bonds. The molecule has 0 unspecified atom stereocenters. The smallest absolute Gasteiger partial charge is 0.308 e. The largest absolute Gasteiger partial charge is 0.451 e. The van der Waals surface area contributed by atoms with Crippen molar-refractivity contribution in [3.05, 3.63) is 29.8 Å². The minimum absolute atomic E-state index is 0.0471. The Morgan fingerprint density at radius 3 is 2.60 bits per heavy atom. The number of rotatable bonds is 3. The molecule has 2 aromatic rings. The Morgan fingerprint density at radius 1 is 1.25 bits per heavy atom. The molecule has 20 heavy (non-hydrogen) atoms. The van der Waals surface area contributed by atoms with Gasteiger partial charge in [-0.3, -0.25) is 0 Å². The molecule has 0 fully saturated rings. The zero-order valence-corrected chi connectivity index (χ0v) is 11.0. The Morgan fingerprint density at radius 2 is 2.00 bits per heavy atom. The van der Waals surface area contributed by atoms with Crippen molar-refractivity contribution in [2.24, 2.45) is 5.84 Å². The van der Waals surface area contributed by atoms with Crippen LogP contribution in [-0.4, -0.2) is 19.9 Å². The van der Waals surface area contributed by atoms with E-state index in [2.05, 4.69) is 25.4 Å². The first-order valence-corrected chi connectivity index (χ1v) is 6.10. The lowest BCUT2D eigenvalue weighted by Gasteiger charge is -2.09. The fourth-order valence-electron chi connectivity index (χ4n) is 1.25. The number of nitrogens with zero attached hydrogens (tertiary/aromatic N) is 4. The molecule has 2 heterocycles. The second-order valence-electron chi connectivity index (χ2n) is 3.64. The zero-order valence-electron chi connectivity index (χ0n) is 10.1. The van der Waals surface area contributed by atoms with E-state index in [1.54, 1.807) is 13.0 Å². The van der Waals surface area contributed by atoms with Crippen LogP contribution in [0.25, 0.3) is 0 Å². The average molecular weight is 302 g/mol. The summed E-state index contributed by atoms with van der Waals surface area (Å²) in [5.74, 6) is 3.69. The van der Waals surface area contributed by atoms with Crippen LogP contribution in [0.1, 0.15) is 11.5 Å². The third-order valence-electron chi connectivity index (χ3n) is 2.07. The molecule has 10 heteroatoms. The van der Waals surface area contributed by atoms with E-state index in [0.29, 0.717) is 10.9 Å². The highest BCUT2D eigenvalue weighted by atomic mass is 32.2. The maximum absolute atomic E-state index is 12.7. The number of alkyl halides is 3. The zero-order chi connectivity index (χ0) is 14.8. The van der Waals surface area contributed by atoms with Crippen LogP contribution in [0.3, 0.4) is 0 Å². The Hall–Kier alpha value is -1.94. The minimum atomic E-state index is -4.66. The number of nitrogen functional groups attached to an aromatic ring is 1. The third-order valence-corrected chi connectivity index (χ3v) is 2.87. The van der Waals surface area contributed by atoms with Gasteiger partial charge in [-0.1, -0.05) is 0 Å². The van der Waals surface area contributed by atoms with E-state index in [4.69, 9.17) is 5.84 Å². The third kappa shape index (κ3) is 3.54. The van der Waals surface area contributed by atoms with Crippen molar-refractivity contribution in [3.8, 4) is 0 Å². The SMILES string of the molecule is Cc1ccnc(Sc2cc(NN)nc(C(F)(F)F)n2)n1. The second-order valence-corrected chi connectivity index (χ2v) is 4.63. The first-order chi connectivity index (χ1) is 9.38. The molecule has 106 valence electrons. The highest BCUT2D eigenvalue weighted by molar-refractivity contribution is 7.99. The van der Waals surface area contributed by atoms with Crippen molar-refractivity contribution >= 4 is 17.6 Å². The maximum atomic E-state index is 12.7. The molecule has 3 N–H and O–H groups in total. The predicted octanol–water partition coefficient (Wildman–Crippen LogP) is 2.03. The normalized spacial score (nSPS) is 11.4. The van der Waals surface area contributed by atoms with Crippen LogP contribution in [0.4, 0.5) is 19.0 Å². The summed E-state index contributed by atoms with van der Waals surface area (Å²) in [6.45, 7) is 1.75. The van der Waals surface area contributed by atoms with Crippen LogP contribution in [0.5, 0.6) is 0 Å². The predicted molar refractivity (Wildman–Crippen MR) is 65.7 cm³/mol. The molecule has 2 aromatic heterocycles. The van der Waals surface area contributed by atoms with Gasteiger partial charge in [-0.25, -0.2) is 25.8 Å². The van der Waals surface area contributed by atoms with Gasteiger partial charge < -0.3 is 5.43 Å². The number of aryl methyl sites for hydroxylation is 1. The Balaban J connectivity index is 2.36. The number of nitrogens with one attached hydrogen (secondary N) is 1. The van der Waals surface area contributed by atoms with E-state index < -0.39 is 12.0 Å². The molecule has 0 saturated carbocycles. The standard InChI is InChI=1S/C10H9F3N6S/c1-5-2-3-15-9(16-5)20-7-4-6(19-14)17-8(18-7)10(11,12)13/h2-4H,14H2,1H3,(H,17,18,19). The molecule has 0 aliphatic heterocycles. The molecule has 6 nitrogen and oxygen atoms in total. The number of halogens is 3. The summed E-state index contributed by atoms with van der Waals surface area (Å²) in [4.78, 5) is 14.7. The van der Waals surface area contributed by atoms with Gasteiger partial charge in [0.25, 0.3) is 0 Å². The quantitative estimate of drug-likeness (QED) is 0.388. The van der Waals surface area contributed by atoms with Crippen LogP contribution >= 0.6 is 11.8 Å². The van der Waals surface area contributed by atoms with Crippen LogP contribution < -0.4 is 11.3 Å². The topological polar surface area (TPSA) is 89.6 Å². The highest BCUT2D eigenvalue weighted by Gasteiger charge is 2.35. The molecule has 0 aliphatic carbocycles. The number of anilines is 1. The van der Waals surface area contributed by atoms with Crippen LogP contribution in [0, 0.1) is 6.92 Å². The lowest BCUT2D eigenvalue weighted by molar-refractivity contribution is -0.145. The average Bonchev–Trinajstić information content (AvgIpc) is 2.37. The van der Waals surface area contributed by atoms with Crippen molar-refractivity contribution in [2.45, 2.75) is 23.3 Å². The first kappa shape index (κ1) is 14.5. The summed E-state index contributed by atoms with van der Waals surface area (Å²) in [5, 5.41) is 0.339. The monoisotopic (exact) mass is 302 g/mol. The van der Waals surface area contributed by atoms with Gasteiger partial charge in [-0.2, -0.15) is 13.2 Å². The molecular weight excluding hydrogens is 293 g/mol. The van der Waals surface area contributed by atoms with Gasteiger partial charge in [0.1, 0.15) is 10.8 Å². The van der Waals surface area contributed by atoms with Crippen LogP contribution in [0.2, 0.25) is 0 Å². The molecule has 0 saturated heterocycles. The van der Waals surface area contributed by atoms with Gasteiger partial charge >= 0.3 is 6.18 Å². The molecule has 0 aromatic carbocycles. The number of aromatic nitrogens is 4. The summed E-state index contributed by atoms with van der Waals surface area (Å²) in [6.07, 6.45) is -3.14. The van der Waals surface area contributed by atoms with E-state index in [0.717, 1.165) is 11.8 Å². The summed E-state index contributed by atoms with van der Waals surface area (Å²) in [7, 11) is 0.